The van der Waals surface area contributed by atoms with Gasteiger partial charge in [-0.25, -0.2) is 0 Å². The highest BCUT2D eigenvalue weighted by Gasteiger charge is 2.33. The van der Waals surface area contributed by atoms with Crippen LogP contribution in [0.3, 0.4) is 0 Å². The van der Waals surface area contributed by atoms with Crippen molar-refractivity contribution in [3.8, 4) is 0 Å². The van der Waals surface area contributed by atoms with Gasteiger partial charge in [-0.15, -0.1) is 11.6 Å². The number of nitrogens with zero attached hydrogens (tertiary/aromatic N) is 2. The molecule has 0 amide bonds. The van der Waals surface area contributed by atoms with E-state index in [-0.39, 0.29) is 5.54 Å². The average Bonchev–Trinajstić information content (AvgIpc) is 2.77. The lowest BCUT2D eigenvalue weighted by atomic mass is 9.77. The molecule has 1 heterocycles. The predicted molar refractivity (Wildman–Crippen MR) is 80.5 cm³/mol. The molecule has 3 nitrogen and oxygen atoms in total. The van der Waals surface area contributed by atoms with Gasteiger partial charge in [0.15, 0.2) is 0 Å². The molecule has 2 unspecified atom stereocenters. The summed E-state index contributed by atoms with van der Waals surface area (Å²) in [4.78, 5) is 0. The fourth-order valence-electron chi connectivity index (χ4n) is 3.18. The van der Waals surface area contributed by atoms with Crippen LogP contribution >= 0.6 is 11.6 Å². The zero-order chi connectivity index (χ0) is 13.9. The van der Waals surface area contributed by atoms with Gasteiger partial charge in [0.05, 0.1) is 11.4 Å². The highest BCUT2D eigenvalue weighted by atomic mass is 35.5. The monoisotopic (exact) mass is 283 g/mol. The lowest BCUT2D eigenvalue weighted by Crippen LogP contribution is -2.49. The number of rotatable bonds is 5. The Morgan fingerprint density at radius 2 is 2.37 bits per heavy atom. The smallest absolute Gasteiger partial charge is 0.0625 e. The number of nitrogens with one attached hydrogen (secondary N) is 1. The maximum absolute atomic E-state index is 6.26. The predicted octanol–water partition coefficient (Wildman–Crippen LogP) is 3.26. The standard InChI is InChI=1S/C15H26ClN3/c1-4-13-8-14(19(3)18-13)10-17-15(11-16)7-5-6-12(2)9-15/h8,12,17H,4-7,9-11H2,1-3H3. The van der Waals surface area contributed by atoms with Crippen LogP contribution in [0.5, 0.6) is 0 Å². The largest absolute Gasteiger partial charge is 0.304 e. The van der Waals surface area contributed by atoms with E-state index < -0.39 is 0 Å². The molecule has 1 aliphatic rings. The summed E-state index contributed by atoms with van der Waals surface area (Å²) in [6, 6.07) is 2.20. The van der Waals surface area contributed by atoms with Crippen molar-refractivity contribution in [3.05, 3.63) is 17.5 Å². The minimum absolute atomic E-state index is 0.121. The van der Waals surface area contributed by atoms with Gasteiger partial charge in [-0.05, 0) is 31.2 Å². The molecule has 2 atom stereocenters. The minimum Gasteiger partial charge on any atom is -0.304 e. The molecule has 4 heteroatoms. The van der Waals surface area contributed by atoms with Crippen LogP contribution in [0.4, 0.5) is 0 Å². The van der Waals surface area contributed by atoms with Crippen LogP contribution in [0.1, 0.15) is 50.9 Å². The van der Waals surface area contributed by atoms with Crippen molar-refractivity contribution in [2.75, 3.05) is 5.88 Å². The summed E-state index contributed by atoms with van der Waals surface area (Å²) in [5.74, 6) is 1.48. The van der Waals surface area contributed by atoms with Gasteiger partial charge in [-0.2, -0.15) is 5.10 Å². The van der Waals surface area contributed by atoms with Gasteiger partial charge in [-0.3, -0.25) is 4.68 Å². The number of hydrogen-bond acceptors (Lipinski definition) is 2. The molecule has 1 N–H and O–H groups in total. The summed E-state index contributed by atoms with van der Waals surface area (Å²) in [6.45, 7) is 5.34. The molecular formula is C15H26ClN3. The minimum atomic E-state index is 0.121. The number of aryl methyl sites for hydroxylation is 2. The third-order valence-corrected chi connectivity index (χ3v) is 4.89. The zero-order valence-electron chi connectivity index (χ0n) is 12.4. The molecule has 1 aromatic rings. The van der Waals surface area contributed by atoms with E-state index in [9.17, 15) is 0 Å². The molecule has 0 saturated heterocycles. The Hall–Kier alpha value is -0.540. The molecule has 0 bridgehead atoms. The van der Waals surface area contributed by atoms with Crippen molar-refractivity contribution < 1.29 is 0 Å². The van der Waals surface area contributed by atoms with Crippen LogP contribution in [0, 0.1) is 5.92 Å². The molecule has 108 valence electrons. The summed E-state index contributed by atoms with van der Waals surface area (Å²) >= 11 is 6.26. The molecule has 0 spiro atoms. The molecule has 1 fully saturated rings. The molecule has 0 aliphatic heterocycles. The van der Waals surface area contributed by atoms with Crippen LogP contribution in [-0.4, -0.2) is 21.2 Å². The van der Waals surface area contributed by atoms with E-state index in [1.807, 2.05) is 11.7 Å². The Labute approximate surface area is 121 Å². The lowest BCUT2D eigenvalue weighted by Gasteiger charge is -2.39. The first-order valence-corrected chi connectivity index (χ1v) is 7.95. The number of halogens is 1. The number of aromatic nitrogens is 2. The van der Waals surface area contributed by atoms with E-state index >= 15 is 0 Å². The molecule has 0 radical (unpaired) electrons. The van der Waals surface area contributed by atoms with Gasteiger partial charge in [0.1, 0.15) is 0 Å². The van der Waals surface area contributed by atoms with Crippen molar-refractivity contribution >= 4 is 11.6 Å². The van der Waals surface area contributed by atoms with Gasteiger partial charge in [0, 0.05) is 25.0 Å². The van der Waals surface area contributed by atoms with Gasteiger partial charge >= 0.3 is 0 Å². The fourth-order valence-corrected chi connectivity index (χ4v) is 3.51. The third-order valence-electron chi connectivity index (χ3n) is 4.38. The maximum atomic E-state index is 6.26. The summed E-state index contributed by atoms with van der Waals surface area (Å²) in [6.07, 6.45) is 6.00. The van der Waals surface area contributed by atoms with Crippen molar-refractivity contribution in [1.82, 2.24) is 15.1 Å². The fraction of sp³-hybridized carbons (Fsp3) is 0.800. The second-order valence-electron chi connectivity index (χ2n) is 6.07. The first-order valence-electron chi connectivity index (χ1n) is 7.41. The van der Waals surface area contributed by atoms with Gasteiger partial charge < -0.3 is 5.32 Å². The van der Waals surface area contributed by atoms with E-state index in [0.29, 0.717) is 5.88 Å². The first-order chi connectivity index (χ1) is 9.08. The maximum Gasteiger partial charge on any atom is 0.0625 e. The highest BCUT2D eigenvalue weighted by molar-refractivity contribution is 6.18. The average molecular weight is 284 g/mol. The van der Waals surface area contributed by atoms with Gasteiger partial charge in [0.25, 0.3) is 0 Å². The van der Waals surface area contributed by atoms with Crippen LogP contribution < -0.4 is 5.32 Å². The molecule has 1 aromatic heterocycles. The number of hydrogen-bond donors (Lipinski definition) is 1. The molecule has 1 aliphatic carbocycles. The van der Waals surface area contributed by atoms with Crippen molar-refractivity contribution in [2.45, 2.75) is 58.0 Å². The van der Waals surface area contributed by atoms with Crippen molar-refractivity contribution in [1.29, 1.82) is 0 Å². The van der Waals surface area contributed by atoms with E-state index in [1.165, 1.54) is 31.4 Å². The van der Waals surface area contributed by atoms with Crippen molar-refractivity contribution in [3.63, 3.8) is 0 Å². The zero-order valence-corrected chi connectivity index (χ0v) is 13.1. The SMILES string of the molecule is CCc1cc(CNC2(CCl)CCCC(C)C2)n(C)n1. The Kier molecular flexibility index (Phi) is 4.91. The number of alkyl halides is 1. The lowest BCUT2D eigenvalue weighted by molar-refractivity contribution is 0.206. The summed E-state index contributed by atoms with van der Waals surface area (Å²) in [5, 5.41) is 8.22. The van der Waals surface area contributed by atoms with Crippen LogP contribution in [0.2, 0.25) is 0 Å². The molecule has 19 heavy (non-hydrogen) atoms. The summed E-state index contributed by atoms with van der Waals surface area (Å²) in [5.41, 5.74) is 2.53. The quantitative estimate of drug-likeness (QED) is 0.841. The van der Waals surface area contributed by atoms with Gasteiger partial charge in [0.2, 0.25) is 0 Å². The molecule has 2 rings (SSSR count). The second kappa shape index (κ2) is 6.27. The van der Waals surface area contributed by atoms with Crippen molar-refractivity contribution in [2.24, 2.45) is 13.0 Å². The van der Waals surface area contributed by atoms with E-state index in [4.69, 9.17) is 11.6 Å². The molecular weight excluding hydrogens is 258 g/mol. The Morgan fingerprint density at radius 3 is 2.95 bits per heavy atom. The third kappa shape index (κ3) is 3.51. The molecule has 0 aromatic carbocycles. The van der Waals surface area contributed by atoms with Crippen LogP contribution in [0.25, 0.3) is 0 Å². The van der Waals surface area contributed by atoms with Gasteiger partial charge in [-0.1, -0.05) is 26.7 Å². The second-order valence-corrected chi connectivity index (χ2v) is 6.34. The molecule has 1 saturated carbocycles. The highest BCUT2D eigenvalue weighted by Crippen LogP contribution is 2.33. The van der Waals surface area contributed by atoms with E-state index in [1.54, 1.807) is 0 Å². The van der Waals surface area contributed by atoms with E-state index in [2.05, 4.69) is 30.3 Å². The topological polar surface area (TPSA) is 29.9 Å². The Balaban J connectivity index is 2.00. The van der Waals surface area contributed by atoms with Crippen LogP contribution in [-0.2, 0) is 20.0 Å². The Morgan fingerprint density at radius 1 is 1.58 bits per heavy atom. The Bertz CT molecular complexity index is 416. The summed E-state index contributed by atoms with van der Waals surface area (Å²) in [7, 11) is 2.02. The van der Waals surface area contributed by atoms with Crippen LogP contribution in [0.15, 0.2) is 6.07 Å². The summed E-state index contributed by atoms with van der Waals surface area (Å²) < 4.78 is 1.99. The van der Waals surface area contributed by atoms with E-state index in [0.717, 1.165) is 24.6 Å². The first kappa shape index (κ1) is 14.9. The normalized spacial score (nSPS) is 27.7.